The van der Waals surface area contributed by atoms with E-state index in [1.165, 1.54) is 12.1 Å². The van der Waals surface area contributed by atoms with Gasteiger partial charge in [0.05, 0.1) is 0 Å². The van der Waals surface area contributed by atoms with Gasteiger partial charge in [-0.1, -0.05) is 30.3 Å². The molecule has 0 saturated heterocycles. The van der Waals surface area contributed by atoms with Crippen molar-refractivity contribution < 1.29 is 50.7 Å². The van der Waals surface area contributed by atoms with E-state index >= 15 is 0 Å². The van der Waals surface area contributed by atoms with Crippen molar-refractivity contribution in [2.45, 2.75) is 0 Å². The van der Waals surface area contributed by atoms with Crippen LogP contribution in [0.2, 0.25) is 0 Å². The summed E-state index contributed by atoms with van der Waals surface area (Å²) in [5.41, 5.74) is 0.191. The van der Waals surface area contributed by atoms with Crippen molar-refractivity contribution in [3.63, 3.8) is 0 Å². The van der Waals surface area contributed by atoms with E-state index in [-0.39, 0.29) is 36.5 Å². The summed E-state index contributed by atoms with van der Waals surface area (Å²) in [7, 11) is 0. The number of hydrogen-bond donors (Lipinski definition) is 1. The summed E-state index contributed by atoms with van der Waals surface area (Å²) in [6.45, 7) is 0. The van der Waals surface area contributed by atoms with Crippen LogP contribution in [-0.2, 0) is 9.68 Å². The summed E-state index contributed by atoms with van der Waals surface area (Å²) in [6, 6.07) is 7.84. The van der Waals surface area contributed by atoms with Crippen molar-refractivity contribution in [2.24, 2.45) is 0 Å². The van der Waals surface area contributed by atoms with Crippen LogP contribution in [0.15, 0.2) is 30.3 Å². The number of hydrogen-bond acceptors (Lipinski definition) is 4. The monoisotopic (exact) mass is 190 g/mol. The minimum Gasteiger partial charge on any atom is -1.00 e. The fourth-order valence-corrected chi connectivity index (χ4v) is 0.749. The molecule has 0 unspecified atom stereocenters. The molecule has 1 rings (SSSR count). The number of Topliss-reactive ketones (excluding diaryl/α,β-unsaturated/α-hetero) is 1. The van der Waals surface area contributed by atoms with Gasteiger partial charge in [-0.05, 0) is 0 Å². The Morgan fingerprint density at radius 2 is 1.77 bits per heavy atom. The SMILES string of the molecule is O=C(OO)C(=O)c1ccccc1.[H-].[Na+]. The van der Waals surface area contributed by atoms with Crippen molar-refractivity contribution in [1.29, 1.82) is 0 Å². The summed E-state index contributed by atoms with van der Waals surface area (Å²) in [6.07, 6.45) is 0. The first-order valence-corrected chi connectivity index (χ1v) is 3.21. The predicted molar refractivity (Wildman–Crippen MR) is 40.6 cm³/mol. The first-order valence-electron chi connectivity index (χ1n) is 3.21. The van der Waals surface area contributed by atoms with Gasteiger partial charge in [-0.25, -0.2) is 4.79 Å². The van der Waals surface area contributed by atoms with Crippen molar-refractivity contribution >= 4 is 11.8 Å². The van der Waals surface area contributed by atoms with Crippen LogP contribution in [0.5, 0.6) is 0 Å². The van der Waals surface area contributed by atoms with Crippen LogP contribution in [0.3, 0.4) is 0 Å². The molecule has 13 heavy (non-hydrogen) atoms. The van der Waals surface area contributed by atoms with Crippen molar-refractivity contribution in [1.82, 2.24) is 0 Å². The summed E-state index contributed by atoms with van der Waals surface area (Å²) in [4.78, 5) is 24.7. The molecule has 4 nitrogen and oxygen atoms in total. The second kappa shape index (κ2) is 5.88. The average Bonchev–Trinajstić information content (AvgIpc) is 2.17. The molecule has 0 saturated carbocycles. The Kier molecular flexibility index (Phi) is 5.57. The molecule has 1 aromatic rings. The Morgan fingerprint density at radius 1 is 1.23 bits per heavy atom. The van der Waals surface area contributed by atoms with Gasteiger partial charge in [0.2, 0.25) is 0 Å². The van der Waals surface area contributed by atoms with E-state index in [4.69, 9.17) is 5.26 Å². The largest absolute Gasteiger partial charge is 1.00 e. The Labute approximate surface area is 98.2 Å². The topological polar surface area (TPSA) is 63.6 Å². The molecule has 0 radical (unpaired) electrons. The standard InChI is InChI=1S/C8H6O4.Na.H/c9-7(8(10)12-11)6-4-2-1-3-5-6;;/h1-5,11H;;/q;+1;-1. The van der Waals surface area contributed by atoms with E-state index in [1.807, 2.05) is 0 Å². The van der Waals surface area contributed by atoms with E-state index in [9.17, 15) is 9.59 Å². The van der Waals surface area contributed by atoms with Crippen molar-refractivity contribution in [2.75, 3.05) is 0 Å². The third kappa shape index (κ3) is 3.28. The summed E-state index contributed by atoms with van der Waals surface area (Å²) in [5, 5.41) is 7.90. The van der Waals surface area contributed by atoms with Gasteiger partial charge in [-0.2, -0.15) is 5.26 Å². The number of carbonyl (C=O) groups excluding carboxylic acids is 2. The van der Waals surface area contributed by atoms with Crippen molar-refractivity contribution in [3.05, 3.63) is 35.9 Å². The van der Waals surface area contributed by atoms with Crippen LogP contribution < -0.4 is 29.6 Å². The van der Waals surface area contributed by atoms with Crippen LogP contribution >= 0.6 is 0 Å². The van der Waals surface area contributed by atoms with Crippen LogP contribution in [0.1, 0.15) is 11.8 Å². The van der Waals surface area contributed by atoms with Crippen LogP contribution in [0, 0.1) is 0 Å². The number of ketones is 1. The van der Waals surface area contributed by atoms with E-state index in [2.05, 4.69) is 4.89 Å². The van der Waals surface area contributed by atoms with Gasteiger partial charge >= 0.3 is 35.5 Å². The Balaban J connectivity index is 0. The van der Waals surface area contributed by atoms with E-state index < -0.39 is 11.8 Å². The van der Waals surface area contributed by atoms with Crippen LogP contribution in [-0.4, -0.2) is 17.0 Å². The second-order valence-corrected chi connectivity index (χ2v) is 2.07. The molecular weight excluding hydrogens is 183 g/mol. The smallest absolute Gasteiger partial charge is 1.00 e. The maximum absolute atomic E-state index is 10.9. The van der Waals surface area contributed by atoms with Gasteiger partial charge in [0.15, 0.2) is 0 Å². The van der Waals surface area contributed by atoms with E-state index in [1.54, 1.807) is 18.2 Å². The molecular formula is C8H7NaO4. The van der Waals surface area contributed by atoms with Crippen LogP contribution in [0.4, 0.5) is 0 Å². The zero-order valence-electron chi connectivity index (χ0n) is 8.06. The summed E-state index contributed by atoms with van der Waals surface area (Å²) >= 11 is 0. The molecule has 0 bridgehead atoms. The quantitative estimate of drug-likeness (QED) is 0.193. The maximum Gasteiger partial charge on any atom is 1.00 e. The molecule has 0 aliphatic rings. The molecule has 0 aliphatic carbocycles. The molecule has 1 aromatic carbocycles. The number of rotatable bonds is 2. The first kappa shape index (κ1) is 12.3. The third-order valence-electron chi connectivity index (χ3n) is 1.30. The molecule has 0 heterocycles. The van der Waals surface area contributed by atoms with Crippen molar-refractivity contribution in [3.8, 4) is 0 Å². The molecule has 0 aliphatic heterocycles. The number of benzene rings is 1. The van der Waals surface area contributed by atoms with E-state index in [0.29, 0.717) is 0 Å². The van der Waals surface area contributed by atoms with Gasteiger partial charge in [0.25, 0.3) is 5.78 Å². The van der Waals surface area contributed by atoms with Gasteiger partial charge in [0, 0.05) is 5.56 Å². The van der Waals surface area contributed by atoms with Gasteiger partial charge in [-0.15, -0.1) is 0 Å². The summed E-state index contributed by atoms with van der Waals surface area (Å²) in [5.74, 6) is -2.14. The molecule has 0 fully saturated rings. The molecule has 0 spiro atoms. The zero-order chi connectivity index (χ0) is 8.97. The van der Waals surface area contributed by atoms with E-state index in [0.717, 1.165) is 0 Å². The maximum atomic E-state index is 10.9. The van der Waals surface area contributed by atoms with Gasteiger partial charge in [-0.3, -0.25) is 9.68 Å². The average molecular weight is 190 g/mol. The molecule has 0 aromatic heterocycles. The normalized spacial score (nSPS) is 8.38. The second-order valence-electron chi connectivity index (χ2n) is 2.07. The minimum atomic E-state index is -1.28. The molecule has 64 valence electrons. The van der Waals surface area contributed by atoms with Gasteiger partial charge in [0.1, 0.15) is 0 Å². The molecule has 5 heteroatoms. The third-order valence-corrected chi connectivity index (χ3v) is 1.30. The van der Waals surface area contributed by atoms with Gasteiger partial charge < -0.3 is 1.43 Å². The molecule has 1 N–H and O–H groups in total. The first-order chi connectivity index (χ1) is 5.75. The molecule has 0 amide bonds. The Morgan fingerprint density at radius 3 is 2.23 bits per heavy atom. The fraction of sp³-hybridized carbons (Fsp3) is 0. The number of carbonyl (C=O) groups is 2. The Bertz CT molecular complexity index is 301. The molecule has 0 atom stereocenters. The Hall–Kier alpha value is -0.680. The zero-order valence-corrected chi connectivity index (χ0v) is 9.06. The predicted octanol–water partition coefficient (Wildman–Crippen LogP) is -2.00. The fourth-order valence-electron chi connectivity index (χ4n) is 0.749. The summed E-state index contributed by atoms with van der Waals surface area (Å²) < 4.78 is 0. The van der Waals surface area contributed by atoms with Crippen LogP contribution in [0.25, 0.3) is 0 Å². The minimum absolute atomic E-state index is 0.